The van der Waals surface area contributed by atoms with Crippen LogP contribution in [0.5, 0.6) is 0 Å². The first-order chi connectivity index (χ1) is 12.6. The summed E-state index contributed by atoms with van der Waals surface area (Å²) in [6.45, 7) is 0. The van der Waals surface area contributed by atoms with Gasteiger partial charge in [0.15, 0.2) is 6.23 Å². The molecular weight excluding hydrogens is 326 g/mol. The molecule has 1 amide bonds. The molecule has 4 aromatic rings. The molecule has 1 aliphatic rings. The highest BCUT2D eigenvalue weighted by Gasteiger charge is 2.32. The molecule has 0 radical (unpaired) electrons. The van der Waals surface area contributed by atoms with Crippen molar-refractivity contribution in [2.45, 2.75) is 6.23 Å². The van der Waals surface area contributed by atoms with Gasteiger partial charge in [-0.15, -0.1) is 0 Å². The number of rotatable bonds is 1. The highest BCUT2D eigenvalue weighted by atomic mass is 16.3. The van der Waals surface area contributed by atoms with Crippen molar-refractivity contribution in [1.29, 1.82) is 0 Å². The molecule has 1 unspecified atom stereocenters. The van der Waals surface area contributed by atoms with Crippen LogP contribution in [-0.4, -0.2) is 32.9 Å². The number of hydrogen-bond donors (Lipinski definition) is 1. The first kappa shape index (κ1) is 15.0. The molecule has 5 rings (SSSR count). The summed E-state index contributed by atoms with van der Waals surface area (Å²) < 4.78 is 0. The molecule has 2 aromatic carbocycles. The van der Waals surface area contributed by atoms with Gasteiger partial charge in [-0.3, -0.25) is 9.78 Å². The lowest BCUT2D eigenvalue weighted by atomic mass is 10.0. The van der Waals surface area contributed by atoms with Crippen LogP contribution in [0.1, 0.15) is 22.1 Å². The summed E-state index contributed by atoms with van der Waals surface area (Å²) in [5.74, 6) is -0.166. The van der Waals surface area contributed by atoms with Crippen LogP contribution < -0.4 is 0 Å². The van der Waals surface area contributed by atoms with Gasteiger partial charge in [0.25, 0.3) is 5.91 Å². The number of pyridine rings is 2. The average Bonchev–Trinajstić information content (AvgIpc) is 2.91. The highest BCUT2D eigenvalue weighted by molar-refractivity contribution is 6.03. The van der Waals surface area contributed by atoms with Gasteiger partial charge in [-0.25, -0.2) is 4.98 Å². The normalized spacial score (nSPS) is 16.5. The van der Waals surface area contributed by atoms with Gasteiger partial charge in [0.1, 0.15) is 0 Å². The number of carbonyl (C=O) groups excluding carboxylic acids is 1. The summed E-state index contributed by atoms with van der Waals surface area (Å²) >= 11 is 0. The molecule has 0 bridgehead atoms. The molecule has 0 saturated heterocycles. The number of benzene rings is 2. The molecule has 0 spiro atoms. The molecule has 126 valence electrons. The minimum atomic E-state index is -0.916. The number of aliphatic hydroxyl groups is 1. The second-order valence-corrected chi connectivity index (χ2v) is 6.50. The third kappa shape index (κ3) is 2.04. The Kier molecular flexibility index (Phi) is 3.08. The van der Waals surface area contributed by atoms with Crippen molar-refractivity contribution in [2.24, 2.45) is 0 Å². The number of aliphatic hydroxyl groups excluding tert-OH is 1. The number of aromatic nitrogens is 2. The fourth-order valence-corrected chi connectivity index (χ4v) is 3.52. The minimum absolute atomic E-state index is 0.166. The first-order valence-corrected chi connectivity index (χ1v) is 8.37. The molecule has 5 heteroatoms. The van der Waals surface area contributed by atoms with E-state index in [9.17, 15) is 9.90 Å². The third-order valence-electron chi connectivity index (χ3n) is 4.98. The molecular formula is C21H15N3O2. The Balaban J connectivity index is 1.71. The van der Waals surface area contributed by atoms with Gasteiger partial charge in [0.05, 0.1) is 16.7 Å². The summed E-state index contributed by atoms with van der Waals surface area (Å²) in [5.41, 5.74) is 4.51. The lowest BCUT2D eigenvalue weighted by Crippen LogP contribution is -2.22. The van der Waals surface area contributed by atoms with Gasteiger partial charge in [-0.2, -0.15) is 0 Å². The van der Waals surface area contributed by atoms with Gasteiger partial charge in [-0.1, -0.05) is 30.3 Å². The number of amides is 1. The maximum absolute atomic E-state index is 12.1. The van der Waals surface area contributed by atoms with E-state index < -0.39 is 6.23 Å². The molecule has 1 N–H and O–H groups in total. The smallest absolute Gasteiger partial charge is 0.256 e. The van der Waals surface area contributed by atoms with E-state index in [0.717, 1.165) is 33.1 Å². The van der Waals surface area contributed by atoms with Crippen molar-refractivity contribution in [2.75, 3.05) is 7.05 Å². The van der Waals surface area contributed by atoms with Crippen molar-refractivity contribution < 1.29 is 9.90 Å². The van der Waals surface area contributed by atoms with Crippen LogP contribution in [0.2, 0.25) is 0 Å². The van der Waals surface area contributed by atoms with Crippen LogP contribution in [0.4, 0.5) is 0 Å². The van der Waals surface area contributed by atoms with Crippen molar-refractivity contribution in [3.63, 3.8) is 0 Å². The molecule has 3 heterocycles. The van der Waals surface area contributed by atoms with Crippen LogP contribution in [-0.2, 0) is 0 Å². The van der Waals surface area contributed by atoms with E-state index in [1.54, 1.807) is 19.3 Å². The minimum Gasteiger partial charge on any atom is -0.369 e. The fraction of sp³-hybridized carbons (Fsp3) is 0.0952. The van der Waals surface area contributed by atoms with Crippen molar-refractivity contribution >= 4 is 27.7 Å². The standard InChI is InChI=1S/C21H15N3O2/c1-24-20(25)15-8-6-14(11-16(15)21(24)26)17-9-7-13-5-4-12-3-2-10-22-18(12)19(13)23-17/h2-11,21,26H,1H3. The predicted octanol–water partition coefficient (Wildman–Crippen LogP) is 3.53. The van der Waals surface area contributed by atoms with Crippen LogP contribution in [0.25, 0.3) is 33.1 Å². The van der Waals surface area contributed by atoms with Crippen molar-refractivity contribution in [3.8, 4) is 11.3 Å². The van der Waals surface area contributed by atoms with Gasteiger partial charge in [-0.05, 0) is 24.3 Å². The Morgan fingerprint density at radius 2 is 1.77 bits per heavy atom. The third-order valence-corrected chi connectivity index (χ3v) is 4.98. The zero-order valence-corrected chi connectivity index (χ0v) is 14.0. The monoisotopic (exact) mass is 341 g/mol. The summed E-state index contributed by atoms with van der Waals surface area (Å²) in [6.07, 6.45) is 0.851. The number of nitrogens with zero attached hydrogens (tertiary/aromatic N) is 3. The zero-order valence-electron chi connectivity index (χ0n) is 14.0. The lowest BCUT2D eigenvalue weighted by molar-refractivity contribution is 0.0302. The number of hydrogen-bond acceptors (Lipinski definition) is 4. The summed E-state index contributed by atoms with van der Waals surface area (Å²) in [6, 6.07) is 17.4. The maximum atomic E-state index is 12.1. The topological polar surface area (TPSA) is 66.3 Å². The van der Waals surface area contributed by atoms with E-state index in [-0.39, 0.29) is 5.91 Å². The Bertz CT molecular complexity index is 1200. The first-order valence-electron chi connectivity index (χ1n) is 8.37. The molecule has 0 fully saturated rings. The molecule has 5 nitrogen and oxygen atoms in total. The maximum Gasteiger partial charge on any atom is 0.256 e. The van der Waals surface area contributed by atoms with E-state index in [0.29, 0.717) is 11.1 Å². The molecule has 0 aliphatic carbocycles. The largest absolute Gasteiger partial charge is 0.369 e. The summed E-state index contributed by atoms with van der Waals surface area (Å²) in [4.78, 5) is 22.8. The number of fused-ring (bicyclic) bond motifs is 4. The van der Waals surface area contributed by atoms with Gasteiger partial charge >= 0.3 is 0 Å². The van der Waals surface area contributed by atoms with E-state index >= 15 is 0 Å². The Morgan fingerprint density at radius 1 is 1.00 bits per heavy atom. The SMILES string of the molecule is CN1C(=O)c2ccc(-c3ccc4ccc5cccnc5c4n3)cc2C1O. The predicted molar refractivity (Wildman–Crippen MR) is 99.5 cm³/mol. The van der Waals surface area contributed by atoms with Gasteiger partial charge < -0.3 is 10.0 Å². The zero-order chi connectivity index (χ0) is 17.8. The molecule has 26 heavy (non-hydrogen) atoms. The lowest BCUT2D eigenvalue weighted by Gasteiger charge is -2.14. The Morgan fingerprint density at radius 3 is 2.62 bits per heavy atom. The van der Waals surface area contributed by atoms with Gasteiger partial charge in [0.2, 0.25) is 0 Å². The summed E-state index contributed by atoms with van der Waals surface area (Å²) in [7, 11) is 1.60. The van der Waals surface area contributed by atoms with Crippen molar-refractivity contribution in [3.05, 3.63) is 71.9 Å². The van der Waals surface area contributed by atoms with E-state index in [4.69, 9.17) is 4.98 Å². The van der Waals surface area contributed by atoms with Crippen LogP contribution >= 0.6 is 0 Å². The van der Waals surface area contributed by atoms with Crippen LogP contribution in [0, 0.1) is 0 Å². The van der Waals surface area contributed by atoms with E-state index in [1.807, 2.05) is 48.5 Å². The second kappa shape index (κ2) is 5.34. The number of carbonyl (C=O) groups is 1. The average molecular weight is 341 g/mol. The van der Waals surface area contributed by atoms with Gasteiger partial charge in [0, 0.05) is 40.7 Å². The van der Waals surface area contributed by atoms with Crippen LogP contribution in [0.3, 0.4) is 0 Å². The molecule has 1 atom stereocenters. The Hall–Kier alpha value is -3.31. The fourth-order valence-electron chi connectivity index (χ4n) is 3.52. The van der Waals surface area contributed by atoms with Crippen LogP contribution in [0.15, 0.2) is 60.8 Å². The summed E-state index contributed by atoms with van der Waals surface area (Å²) in [5, 5.41) is 12.3. The van der Waals surface area contributed by atoms with E-state index in [1.165, 1.54) is 4.90 Å². The molecule has 2 aromatic heterocycles. The Labute approximate surface area is 149 Å². The molecule has 0 saturated carbocycles. The van der Waals surface area contributed by atoms with E-state index in [2.05, 4.69) is 4.98 Å². The van der Waals surface area contributed by atoms with Crippen molar-refractivity contribution in [1.82, 2.24) is 14.9 Å². The highest BCUT2D eigenvalue weighted by Crippen LogP contribution is 2.34. The quantitative estimate of drug-likeness (QED) is 0.538. The molecule has 1 aliphatic heterocycles. The second-order valence-electron chi connectivity index (χ2n) is 6.50.